The summed E-state index contributed by atoms with van der Waals surface area (Å²) in [6.45, 7) is 4.62. The van der Waals surface area contributed by atoms with Crippen LogP contribution in [0.3, 0.4) is 0 Å². The molecule has 0 spiro atoms. The molecule has 2 saturated carbocycles. The monoisotopic (exact) mass is 385 g/mol. The van der Waals surface area contributed by atoms with Crippen molar-refractivity contribution in [3.05, 3.63) is 34.6 Å². The van der Waals surface area contributed by atoms with Crippen molar-refractivity contribution in [2.24, 2.45) is 17.8 Å². The Kier molecular flexibility index (Phi) is 5.26. The van der Waals surface area contributed by atoms with E-state index in [1.807, 2.05) is 25.1 Å². The quantitative estimate of drug-likeness (QED) is 0.611. The summed E-state index contributed by atoms with van der Waals surface area (Å²) in [6.07, 6.45) is 5.32. The van der Waals surface area contributed by atoms with E-state index in [1.54, 1.807) is 10.6 Å². The van der Waals surface area contributed by atoms with Gasteiger partial charge < -0.3 is 5.32 Å². The van der Waals surface area contributed by atoms with Crippen molar-refractivity contribution in [2.45, 2.75) is 57.3 Å². The number of hydrogen-bond donors (Lipinski definition) is 1. The van der Waals surface area contributed by atoms with Crippen LogP contribution in [-0.4, -0.2) is 27.3 Å². The summed E-state index contributed by atoms with van der Waals surface area (Å²) >= 11 is 1.35. The maximum absolute atomic E-state index is 12.7. The summed E-state index contributed by atoms with van der Waals surface area (Å²) < 4.78 is 1.65. The Morgan fingerprint density at radius 1 is 1.33 bits per heavy atom. The van der Waals surface area contributed by atoms with Crippen LogP contribution in [0.15, 0.2) is 34.2 Å². The summed E-state index contributed by atoms with van der Waals surface area (Å²) in [5, 5.41) is 4.43. The molecule has 0 radical (unpaired) electrons. The van der Waals surface area contributed by atoms with Crippen LogP contribution < -0.4 is 10.9 Å². The van der Waals surface area contributed by atoms with Crippen LogP contribution in [0.1, 0.15) is 39.5 Å². The molecule has 4 rings (SSSR count). The maximum atomic E-state index is 12.7. The van der Waals surface area contributed by atoms with Crippen LogP contribution in [0.4, 0.5) is 0 Å². The lowest BCUT2D eigenvalue weighted by Crippen LogP contribution is -2.41. The van der Waals surface area contributed by atoms with Crippen molar-refractivity contribution >= 4 is 28.6 Å². The number of thioether (sulfide) groups is 1. The molecular weight excluding hydrogens is 358 g/mol. The zero-order chi connectivity index (χ0) is 19.0. The number of fused-ring (bicyclic) bond motifs is 3. The molecule has 1 amide bonds. The van der Waals surface area contributed by atoms with Gasteiger partial charge in [-0.1, -0.05) is 30.3 Å². The Hall–Kier alpha value is -1.82. The average molecular weight is 386 g/mol. The zero-order valence-corrected chi connectivity index (χ0v) is 16.8. The van der Waals surface area contributed by atoms with E-state index >= 15 is 0 Å². The van der Waals surface area contributed by atoms with Gasteiger partial charge >= 0.3 is 0 Å². The molecule has 144 valence electrons. The third kappa shape index (κ3) is 3.64. The number of benzene rings is 1. The van der Waals surface area contributed by atoms with Gasteiger partial charge in [0, 0.05) is 12.6 Å². The molecule has 2 aliphatic rings. The van der Waals surface area contributed by atoms with E-state index in [0.717, 1.165) is 11.8 Å². The molecule has 1 aromatic carbocycles. The highest BCUT2D eigenvalue weighted by Crippen LogP contribution is 2.49. The highest BCUT2D eigenvalue weighted by Gasteiger charge is 2.42. The molecule has 1 heterocycles. The molecule has 1 N–H and O–H groups in total. The summed E-state index contributed by atoms with van der Waals surface area (Å²) in [5.74, 6) is 2.63. The van der Waals surface area contributed by atoms with Crippen molar-refractivity contribution in [1.82, 2.24) is 14.9 Å². The topological polar surface area (TPSA) is 64.0 Å². The van der Waals surface area contributed by atoms with Crippen LogP contribution >= 0.6 is 11.8 Å². The van der Waals surface area contributed by atoms with E-state index in [0.29, 0.717) is 28.5 Å². The van der Waals surface area contributed by atoms with Crippen molar-refractivity contribution in [2.75, 3.05) is 5.75 Å². The van der Waals surface area contributed by atoms with Crippen LogP contribution in [0.5, 0.6) is 0 Å². The standard InChI is InChI=1S/C21H27N3O2S/c1-3-24-20(26)16-6-4-5-7-18(16)23-21(24)27-12-19(25)22-13(2)17-11-14-8-9-15(17)10-14/h4-7,13-15,17H,3,8-12H2,1-2H3,(H,22,25). The number of para-hydroxylation sites is 1. The number of carbonyl (C=O) groups excluding carboxylic acids is 1. The second kappa shape index (κ2) is 7.66. The fourth-order valence-corrected chi connectivity index (χ4v) is 5.85. The van der Waals surface area contributed by atoms with Gasteiger partial charge in [-0.05, 0) is 63.0 Å². The molecule has 1 aromatic heterocycles. The molecule has 2 fully saturated rings. The summed E-state index contributed by atoms with van der Waals surface area (Å²) in [4.78, 5) is 29.8. The van der Waals surface area contributed by atoms with Gasteiger partial charge in [0.05, 0.1) is 16.7 Å². The number of carbonyl (C=O) groups is 1. The number of rotatable bonds is 6. The van der Waals surface area contributed by atoms with Gasteiger partial charge in [-0.25, -0.2) is 4.98 Å². The second-order valence-electron chi connectivity index (χ2n) is 7.94. The minimum Gasteiger partial charge on any atom is -0.353 e. The summed E-state index contributed by atoms with van der Waals surface area (Å²) in [7, 11) is 0. The molecule has 5 nitrogen and oxygen atoms in total. The molecule has 27 heavy (non-hydrogen) atoms. The van der Waals surface area contributed by atoms with Crippen molar-refractivity contribution in [1.29, 1.82) is 0 Å². The number of nitrogens with zero attached hydrogens (tertiary/aromatic N) is 2. The van der Waals surface area contributed by atoms with Crippen LogP contribution in [0.25, 0.3) is 10.9 Å². The van der Waals surface area contributed by atoms with Crippen molar-refractivity contribution in [3.8, 4) is 0 Å². The number of nitrogens with one attached hydrogen (secondary N) is 1. The van der Waals surface area contributed by atoms with Gasteiger partial charge in [0.2, 0.25) is 5.91 Å². The van der Waals surface area contributed by atoms with E-state index < -0.39 is 0 Å². The van der Waals surface area contributed by atoms with Crippen LogP contribution in [0, 0.1) is 17.8 Å². The predicted molar refractivity (Wildman–Crippen MR) is 109 cm³/mol. The van der Waals surface area contributed by atoms with E-state index in [9.17, 15) is 9.59 Å². The summed E-state index contributed by atoms with van der Waals surface area (Å²) in [6, 6.07) is 7.60. The van der Waals surface area contributed by atoms with Crippen molar-refractivity contribution < 1.29 is 4.79 Å². The highest BCUT2D eigenvalue weighted by atomic mass is 32.2. The lowest BCUT2D eigenvalue weighted by molar-refractivity contribution is -0.119. The first-order valence-corrected chi connectivity index (χ1v) is 11.0. The fraction of sp³-hybridized carbons (Fsp3) is 0.571. The van der Waals surface area contributed by atoms with Crippen LogP contribution in [0.2, 0.25) is 0 Å². The normalized spacial score (nSPS) is 25.0. The van der Waals surface area contributed by atoms with E-state index in [1.165, 1.54) is 37.4 Å². The molecule has 2 aromatic rings. The van der Waals surface area contributed by atoms with Gasteiger partial charge in [0.1, 0.15) is 0 Å². The lowest BCUT2D eigenvalue weighted by atomic mass is 9.84. The number of aromatic nitrogens is 2. The average Bonchev–Trinajstić information content (AvgIpc) is 3.30. The SMILES string of the molecule is CCn1c(SCC(=O)NC(C)C2CC3CCC2C3)nc2ccccc2c1=O. The third-order valence-electron chi connectivity index (χ3n) is 6.30. The molecule has 0 saturated heterocycles. The smallest absolute Gasteiger partial charge is 0.262 e. The molecule has 4 unspecified atom stereocenters. The Labute approximate surface area is 163 Å². The predicted octanol–water partition coefficient (Wildman–Crippen LogP) is 3.45. The highest BCUT2D eigenvalue weighted by molar-refractivity contribution is 7.99. The van der Waals surface area contributed by atoms with Gasteiger partial charge in [-0.2, -0.15) is 0 Å². The fourth-order valence-electron chi connectivity index (χ4n) is 4.98. The molecule has 0 aliphatic heterocycles. The van der Waals surface area contributed by atoms with Crippen molar-refractivity contribution in [3.63, 3.8) is 0 Å². The van der Waals surface area contributed by atoms with Crippen LogP contribution in [-0.2, 0) is 11.3 Å². The second-order valence-corrected chi connectivity index (χ2v) is 8.89. The molecular formula is C21H27N3O2S. The van der Waals surface area contributed by atoms with Gasteiger partial charge in [0.15, 0.2) is 5.16 Å². The first kappa shape index (κ1) is 18.5. The van der Waals surface area contributed by atoms with E-state index in [4.69, 9.17) is 0 Å². The molecule has 4 atom stereocenters. The lowest BCUT2D eigenvalue weighted by Gasteiger charge is -2.28. The minimum atomic E-state index is -0.0404. The summed E-state index contributed by atoms with van der Waals surface area (Å²) in [5.41, 5.74) is 0.645. The van der Waals surface area contributed by atoms with Gasteiger partial charge in [-0.3, -0.25) is 14.2 Å². The third-order valence-corrected chi connectivity index (χ3v) is 7.28. The Bertz CT molecular complexity index is 910. The molecule has 6 heteroatoms. The number of amides is 1. The first-order chi connectivity index (χ1) is 13.1. The van der Waals surface area contributed by atoms with E-state index in [-0.39, 0.29) is 23.3 Å². The van der Waals surface area contributed by atoms with E-state index in [2.05, 4.69) is 17.2 Å². The van der Waals surface area contributed by atoms with Gasteiger partial charge in [-0.15, -0.1) is 0 Å². The largest absolute Gasteiger partial charge is 0.353 e. The van der Waals surface area contributed by atoms with Gasteiger partial charge in [0.25, 0.3) is 5.56 Å². The Morgan fingerprint density at radius 2 is 2.15 bits per heavy atom. The minimum absolute atomic E-state index is 0.0281. The zero-order valence-electron chi connectivity index (χ0n) is 16.0. The first-order valence-electron chi connectivity index (χ1n) is 9.98. The number of hydrogen-bond acceptors (Lipinski definition) is 4. The Morgan fingerprint density at radius 3 is 2.85 bits per heavy atom. The molecule has 2 aliphatic carbocycles. The molecule has 2 bridgehead atoms. The maximum Gasteiger partial charge on any atom is 0.262 e. The Balaban J connectivity index is 1.42.